The van der Waals surface area contributed by atoms with E-state index in [1.807, 2.05) is 9.88 Å². The van der Waals surface area contributed by atoms with E-state index >= 15 is 0 Å². The summed E-state index contributed by atoms with van der Waals surface area (Å²) < 4.78 is 5.27. The topological polar surface area (TPSA) is 166 Å². The molecule has 1 aromatic carbocycles. The molecule has 1 aliphatic heterocycles. The van der Waals surface area contributed by atoms with E-state index in [1.165, 1.54) is 12.1 Å². The fraction of sp³-hybridized carbons (Fsp3) is 0.235. The van der Waals surface area contributed by atoms with Crippen LogP contribution >= 0.6 is 0 Å². The molecule has 0 bridgehead atoms. The maximum Gasteiger partial charge on any atom is 0.342 e. The van der Waals surface area contributed by atoms with Crippen molar-refractivity contribution in [1.29, 1.82) is 0 Å². The number of nitrogens with zero attached hydrogens (tertiary/aromatic N) is 1. The minimum atomic E-state index is -1.63. The van der Waals surface area contributed by atoms with Crippen LogP contribution in [0.25, 0.3) is 11.1 Å². The molecule has 0 unspecified atom stereocenters. The molecule has 10 nitrogen and oxygen atoms in total. The lowest BCUT2D eigenvalue weighted by atomic mass is 9.94. The fourth-order valence-electron chi connectivity index (χ4n) is 3.07. The molecule has 1 fully saturated rings. The number of carboxylic acids is 2. The zero-order valence-electron chi connectivity index (χ0n) is 14.1. The number of pyridine rings is 1. The van der Waals surface area contributed by atoms with Crippen molar-refractivity contribution in [3.8, 4) is 16.9 Å². The van der Waals surface area contributed by atoms with Crippen molar-refractivity contribution in [3.05, 3.63) is 39.7 Å². The molecule has 0 saturated carbocycles. The zero-order valence-corrected chi connectivity index (χ0v) is 14.1. The van der Waals surface area contributed by atoms with Gasteiger partial charge in [-0.1, -0.05) is 0 Å². The van der Waals surface area contributed by atoms with Gasteiger partial charge >= 0.3 is 11.9 Å². The summed E-state index contributed by atoms with van der Waals surface area (Å²) in [6.07, 6.45) is 0. The van der Waals surface area contributed by atoms with Crippen LogP contribution in [0.5, 0.6) is 5.75 Å². The molecule has 6 N–H and O–H groups in total. The third-order valence-corrected chi connectivity index (χ3v) is 4.30. The molecular formula is C17H17N3O7. The highest BCUT2D eigenvalue weighted by Crippen LogP contribution is 2.37. The lowest BCUT2D eigenvalue weighted by Gasteiger charge is -2.29. The lowest BCUT2D eigenvalue weighted by molar-refractivity contribution is 0.0695. The van der Waals surface area contributed by atoms with Gasteiger partial charge in [0.05, 0.1) is 13.2 Å². The SMILES string of the molecule is Nc1[nH]c(=O)c(C(=O)O)c(-c2ccc(N3CCOCC3)cc2O)c1C(=O)O. The third-order valence-electron chi connectivity index (χ3n) is 4.30. The van der Waals surface area contributed by atoms with Gasteiger partial charge in [0.2, 0.25) is 0 Å². The number of anilines is 2. The number of carbonyl (C=O) groups is 2. The smallest absolute Gasteiger partial charge is 0.342 e. The number of hydrogen-bond acceptors (Lipinski definition) is 7. The quantitative estimate of drug-likeness (QED) is 0.513. The van der Waals surface area contributed by atoms with Gasteiger partial charge in [0.1, 0.15) is 22.7 Å². The molecule has 0 amide bonds. The van der Waals surface area contributed by atoms with Crippen LogP contribution in [0.1, 0.15) is 20.7 Å². The predicted molar refractivity (Wildman–Crippen MR) is 95.5 cm³/mol. The summed E-state index contributed by atoms with van der Waals surface area (Å²) in [7, 11) is 0. The summed E-state index contributed by atoms with van der Waals surface area (Å²) in [5.74, 6) is -4.03. The maximum atomic E-state index is 12.1. The molecule has 1 aromatic heterocycles. The number of morpholine rings is 1. The number of nitrogen functional groups attached to an aromatic ring is 1. The number of rotatable bonds is 4. The molecule has 1 aliphatic rings. The Bertz CT molecular complexity index is 977. The van der Waals surface area contributed by atoms with Crippen molar-refractivity contribution in [3.63, 3.8) is 0 Å². The molecule has 3 rings (SSSR count). The first-order valence-corrected chi connectivity index (χ1v) is 7.99. The number of hydrogen-bond donors (Lipinski definition) is 5. The number of phenols is 1. The van der Waals surface area contributed by atoms with Crippen molar-refractivity contribution in [2.45, 2.75) is 0 Å². The van der Waals surface area contributed by atoms with Crippen LogP contribution in [0.2, 0.25) is 0 Å². The zero-order chi connectivity index (χ0) is 19.7. The van der Waals surface area contributed by atoms with Gasteiger partial charge in [-0.05, 0) is 12.1 Å². The third kappa shape index (κ3) is 3.29. The van der Waals surface area contributed by atoms with Crippen LogP contribution in [0.4, 0.5) is 11.5 Å². The molecule has 1 saturated heterocycles. The number of nitrogens with one attached hydrogen (secondary N) is 1. The maximum absolute atomic E-state index is 12.1. The molecule has 142 valence electrons. The Labute approximate surface area is 152 Å². The molecule has 27 heavy (non-hydrogen) atoms. The van der Waals surface area contributed by atoms with Crippen LogP contribution < -0.4 is 16.2 Å². The van der Waals surface area contributed by atoms with Gasteiger partial charge in [-0.25, -0.2) is 9.59 Å². The number of aromatic hydroxyl groups is 1. The van der Waals surface area contributed by atoms with Crippen LogP contribution in [0, 0.1) is 0 Å². The van der Waals surface area contributed by atoms with Crippen LogP contribution in [0.15, 0.2) is 23.0 Å². The number of aromatic carboxylic acids is 2. The summed E-state index contributed by atoms with van der Waals surface area (Å²) in [6, 6.07) is 4.36. The van der Waals surface area contributed by atoms with Crippen molar-refractivity contribution in [2.75, 3.05) is 36.9 Å². The summed E-state index contributed by atoms with van der Waals surface area (Å²) in [6.45, 7) is 2.27. The number of nitrogens with two attached hydrogens (primary N) is 1. The molecule has 10 heteroatoms. The average Bonchev–Trinajstić information content (AvgIpc) is 2.61. The summed E-state index contributed by atoms with van der Waals surface area (Å²) in [4.78, 5) is 39.2. The number of H-pyrrole nitrogens is 1. The van der Waals surface area contributed by atoms with E-state index in [1.54, 1.807) is 6.07 Å². The first-order chi connectivity index (χ1) is 12.8. The Morgan fingerprint density at radius 2 is 1.74 bits per heavy atom. The minimum absolute atomic E-state index is 0.111. The van der Waals surface area contributed by atoms with Gasteiger partial charge in [-0.3, -0.25) is 4.79 Å². The molecule has 0 atom stereocenters. The first kappa shape index (κ1) is 18.3. The Morgan fingerprint density at radius 1 is 1.11 bits per heavy atom. The second kappa shape index (κ2) is 7.00. The van der Waals surface area contributed by atoms with Gasteiger partial charge in [0, 0.05) is 36.0 Å². The standard InChI is InChI=1S/C17H17N3O7/c18-14-12(16(23)24)11(13(17(25)26)15(22)19-14)9-2-1-8(7-10(9)21)20-3-5-27-6-4-20/h1-2,7,21H,3-6H2,(H,23,24)(H,25,26)(H3,18,19,22). The molecule has 0 radical (unpaired) electrons. The van der Waals surface area contributed by atoms with Gasteiger partial charge in [0.15, 0.2) is 0 Å². The number of ether oxygens (including phenoxy) is 1. The second-order valence-electron chi connectivity index (χ2n) is 5.90. The highest BCUT2D eigenvalue weighted by atomic mass is 16.5. The van der Waals surface area contributed by atoms with E-state index in [4.69, 9.17) is 10.5 Å². The molecular weight excluding hydrogens is 358 g/mol. The lowest BCUT2D eigenvalue weighted by Crippen LogP contribution is -2.36. The van der Waals surface area contributed by atoms with E-state index in [-0.39, 0.29) is 11.3 Å². The van der Waals surface area contributed by atoms with E-state index in [2.05, 4.69) is 0 Å². The first-order valence-electron chi connectivity index (χ1n) is 7.99. The molecule has 2 aromatic rings. The number of phenolic OH excluding ortho intramolecular Hbond substituents is 1. The minimum Gasteiger partial charge on any atom is -0.507 e. The van der Waals surface area contributed by atoms with Crippen LogP contribution in [0.3, 0.4) is 0 Å². The number of aromatic amines is 1. The highest BCUT2D eigenvalue weighted by molar-refractivity contribution is 6.08. The Morgan fingerprint density at radius 3 is 2.30 bits per heavy atom. The van der Waals surface area contributed by atoms with Crippen molar-refractivity contribution in [2.24, 2.45) is 0 Å². The number of aromatic nitrogens is 1. The van der Waals surface area contributed by atoms with Crippen molar-refractivity contribution >= 4 is 23.4 Å². The van der Waals surface area contributed by atoms with E-state index in [9.17, 15) is 29.7 Å². The summed E-state index contributed by atoms with van der Waals surface area (Å²) in [5.41, 5.74) is 3.23. The van der Waals surface area contributed by atoms with Gasteiger partial charge < -0.3 is 35.7 Å². The number of benzene rings is 1. The monoisotopic (exact) mass is 375 g/mol. The van der Waals surface area contributed by atoms with Gasteiger partial charge in [-0.2, -0.15) is 0 Å². The second-order valence-corrected chi connectivity index (χ2v) is 5.90. The van der Waals surface area contributed by atoms with Crippen molar-refractivity contribution < 1.29 is 29.6 Å². The van der Waals surface area contributed by atoms with E-state index in [0.29, 0.717) is 32.0 Å². The largest absolute Gasteiger partial charge is 0.507 e. The fourth-order valence-corrected chi connectivity index (χ4v) is 3.07. The Balaban J connectivity index is 2.22. The average molecular weight is 375 g/mol. The van der Waals surface area contributed by atoms with Crippen LogP contribution in [-0.2, 0) is 4.74 Å². The van der Waals surface area contributed by atoms with E-state index < -0.39 is 40.0 Å². The van der Waals surface area contributed by atoms with Gasteiger partial charge in [0.25, 0.3) is 5.56 Å². The van der Waals surface area contributed by atoms with E-state index in [0.717, 1.165) is 0 Å². The molecule has 0 spiro atoms. The van der Waals surface area contributed by atoms with Crippen molar-refractivity contribution in [1.82, 2.24) is 4.98 Å². The molecule has 2 heterocycles. The van der Waals surface area contributed by atoms with Crippen LogP contribution in [-0.4, -0.2) is 58.5 Å². The summed E-state index contributed by atoms with van der Waals surface area (Å²) >= 11 is 0. The predicted octanol–water partition coefficient (Wildman–Crippen LogP) is 0.563. The normalized spacial score (nSPS) is 14.1. The molecule has 0 aliphatic carbocycles. The Kier molecular flexibility index (Phi) is 4.74. The number of carboxylic acid groups (broad SMARTS) is 2. The Hall–Kier alpha value is -3.53. The highest BCUT2D eigenvalue weighted by Gasteiger charge is 2.28. The van der Waals surface area contributed by atoms with Gasteiger partial charge in [-0.15, -0.1) is 0 Å². The summed E-state index contributed by atoms with van der Waals surface area (Å²) in [5, 5.41) is 29.3.